The Morgan fingerprint density at radius 1 is 1.00 bits per heavy atom. The molecule has 29 heavy (non-hydrogen) atoms. The van der Waals surface area contributed by atoms with E-state index in [0.717, 1.165) is 25.2 Å². The van der Waals surface area contributed by atoms with Crippen LogP contribution in [0.15, 0.2) is 24.3 Å². The van der Waals surface area contributed by atoms with Crippen LogP contribution in [0.5, 0.6) is 0 Å². The van der Waals surface area contributed by atoms with E-state index in [-0.39, 0.29) is 18.3 Å². The van der Waals surface area contributed by atoms with Gasteiger partial charge in [-0.05, 0) is 37.1 Å². The van der Waals surface area contributed by atoms with Gasteiger partial charge in [0.2, 0.25) is 10.0 Å². The molecule has 2 rings (SSSR count). The molecule has 1 aliphatic rings. The Morgan fingerprint density at radius 3 is 2.24 bits per heavy atom. The zero-order chi connectivity index (χ0) is 21.1. The van der Waals surface area contributed by atoms with Crippen LogP contribution < -0.4 is 10.6 Å². The molecular weight excluding hydrogens is 388 g/mol. The smallest absolute Gasteiger partial charge is 0.315 e. The molecular formula is C21H36N4O3S. The zero-order valence-corrected chi connectivity index (χ0v) is 18.6. The van der Waals surface area contributed by atoms with Crippen molar-refractivity contribution in [2.75, 3.05) is 38.5 Å². The monoisotopic (exact) mass is 424 g/mol. The van der Waals surface area contributed by atoms with Crippen molar-refractivity contribution in [1.82, 2.24) is 19.8 Å². The highest BCUT2D eigenvalue weighted by Gasteiger charge is 2.18. The molecule has 0 spiro atoms. The van der Waals surface area contributed by atoms with E-state index in [4.69, 9.17) is 0 Å². The van der Waals surface area contributed by atoms with Crippen LogP contribution in [0.1, 0.15) is 50.7 Å². The molecule has 1 aliphatic heterocycles. The standard InChI is InChI=1S/C21H36N4O3S/c1-3-25(4-2)29(27,28)16-13-22-21(26)23-17-19-11-7-8-12-20(19)18-24-14-9-5-6-10-15-24/h7-8,11-12H,3-6,9-10,13-18H2,1-2H3,(H2,22,23,26). The Labute approximate surface area is 175 Å². The van der Waals surface area contributed by atoms with Crippen LogP contribution in [0, 0.1) is 0 Å². The number of hydrogen-bond donors (Lipinski definition) is 2. The van der Waals surface area contributed by atoms with Gasteiger partial charge in [-0.25, -0.2) is 17.5 Å². The van der Waals surface area contributed by atoms with Gasteiger partial charge in [0.1, 0.15) is 0 Å². The quantitative estimate of drug-likeness (QED) is 0.605. The third-order valence-corrected chi connectivity index (χ3v) is 7.42. The first-order valence-electron chi connectivity index (χ1n) is 10.7. The van der Waals surface area contributed by atoms with Crippen molar-refractivity contribution < 1.29 is 13.2 Å². The predicted molar refractivity (Wildman–Crippen MR) is 117 cm³/mol. The fourth-order valence-corrected chi connectivity index (χ4v) is 5.10. The number of amides is 2. The topological polar surface area (TPSA) is 81.8 Å². The summed E-state index contributed by atoms with van der Waals surface area (Å²) in [6, 6.07) is 7.84. The maximum absolute atomic E-state index is 12.2. The second kappa shape index (κ2) is 12.1. The summed E-state index contributed by atoms with van der Waals surface area (Å²) >= 11 is 0. The van der Waals surface area contributed by atoms with Crippen LogP contribution >= 0.6 is 0 Å². The fourth-order valence-electron chi connectivity index (χ4n) is 3.70. The van der Waals surface area contributed by atoms with E-state index < -0.39 is 10.0 Å². The molecule has 1 saturated heterocycles. The summed E-state index contributed by atoms with van der Waals surface area (Å²) in [5.41, 5.74) is 2.33. The average Bonchev–Trinajstić information content (AvgIpc) is 2.96. The number of carbonyl (C=O) groups excluding carboxylic acids is 1. The van der Waals surface area contributed by atoms with Gasteiger partial charge >= 0.3 is 6.03 Å². The molecule has 1 heterocycles. The third-order valence-electron chi connectivity index (χ3n) is 5.39. The summed E-state index contributed by atoms with van der Waals surface area (Å²) in [5, 5.41) is 5.51. The first kappa shape index (κ1) is 23.6. The van der Waals surface area contributed by atoms with E-state index in [1.807, 2.05) is 32.0 Å². The lowest BCUT2D eigenvalue weighted by Crippen LogP contribution is -2.41. The number of carbonyl (C=O) groups is 1. The largest absolute Gasteiger partial charge is 0.337 e. The first-order valence-corrected chi connectivity index (χ1v) is 12.4. The number of urea groups is 1. The van der Waals surface area contributed by atoms with Crippen LogP contribution in [0.3, 0.4) is 0 Å². The number of hydrogen-bond acceptors (Lipinski definition) is 4. The van der Waals surface area contributed by atoms with Crippen LogP contribution in [-0.4, -0.2) is 62.1 Å². The molecule has 1 aromatic carbocycles. The lowest BCUT2D eigenvalue weighted by Gasteiger charge is -2.21. The van der Waals surface area contributed by atoms with Gasteiger partial charge < -0.3 is 10.6 Å². The summed E-state index contributed by atoms with van der Waals surface area (Å²) in [5.74, 6) is -0.0896. The SMILES string of the molecule is CCN(CC)S(=O)(=O)CCNC(=O)NCc1ccccc1CN1CCCCCC1. The number of sulfonamides is 1. The Hall–Kier alpha value is -1.64. The van der Waals surface area contributed by atoms with Gasteiger partial charge in [0.05, 0.1) is 5.75 Å². The van der Waals surface area contributed by atoms with Gasteiger partial charge in [0.15, 0.2) is 0 Å². The minimum Gasteiger partial charge on any atom is -0.337 e. The lowest BCUT2D eigenvalue weighted by molar-refractivity contribution is 0.241. The summed E-state index contributed by atoms with van der Waals surface area (Å²) in [6.07, 6.45) is 5.12. The summed E-state index contributed by atoms with van der Waals surface area (Å²) in [4.78, 5) is 14.6. The summed E-state index contributed by atoms with van der Waals surface area (Å²) in [6.45, 7) is 8.19. The molecule has 0 atom stereocenters. The van der Waals surface area contributed by atoms with E-state index >= 15 is 0 Å². The summed E-state index contributed by atoms with van der Waals surface area (Å²) < 4.78 is 25.7. The van der Waals surface area contributed by atoms with Crippen molar-refractivity contribution in [3.8, 4) is 0 Å². The van der Waals surface area contributed by atoms with Crippen molar-refractivity contribution >= 4 is 16.1 Å². The van der Waals surface area contributed by atoms with Gasteiger partial charge in [-0.3, -0.25) is 4.90 Å². The Kier molecular flexibility index (Phi) is 9.90. The Morgan fingerprint density at radius 2 is 1.62 bits per heavy atom. The third kappa shape index (κ3) is 7.95. The molecule has 2 N–H and O–H groups in total. The number of nitrogens with one attached hydrogen (secondary N) is 2. The number of benzene rings is 1. The lowest BCUT2D eigenvalue weighted by atomic mass is 10.1. The molecule has 0 saturated carbocycles. The molecule has 7 nitrogen and oxygen atoms in total. The minimum absolute atomic E-state index is 0.0896. The average molecular weight is 425 g/mol. The van der Waals surface area contributed by atoms with Crippen molar-refractivity contribution in [3.05, 3.63) is 35.4 Å². The molecule has 1 fully saturated rings. The van der Waals surface area contributed by atoms with E-state index in [1.165, 1.54) is 35.6 Å². The minimum atomic E-state index is -3.33. The Bertz CT molecular complexity index is 727. The maximum Gasteiger partial charge on any atom is 0.315 e. The fraction of sp³-hybridized carbons (Fsp3) is 0.667. The van der Waals surface area contributed by atoms with E-state index in [2.05, 4.69) is 21.6 Å². The predicted octanol–water partition coefficient (Wildman–Crippen LogP) is 2.53. The van der Waals surface area contributed by atoms with Gasteiger partial charge in [-0.1, -0.05) is 51.0 Å². The van der Waals surface area contributed by atoms with Crippen molar-refractivity contribution in [2.45, 2.75) is 52.6 Å². The molecule has 0 aliphatic carbocycles. The van der Waals surface area contributed by atoms with E-state index in [0.29, 0.717) is 19.6 Å². The van der Waals surface area contributed by atoms with Crippen LogP contribution in [0.4, 0.5) is 4.79 Å². The zero-order valence-electron chi connectivity index (χ0n) is 17.8. The van der Waals surface area contributed by atoms with Crippen molar-refractivity contribution in [1.29, 1.82) is 0 Å². The second-order valence-corrected chi connectivity index (χ2v) is 9.56. The highest BCUT2D eigenvalue weighted by molar-refractivity contribution is 7.89. The van der Waals surface area contributed by atoms with Crippen LogP contribution in [0.2, 0.25) is 0 Å². The van der Waals surface area contributed by atoms with E-state index in [9.17, 15) is 13.2 Å². The highest BCUT2D eigenvalue weighted by atomic mass is 32.2. The molecule has 0 radical (unpaired) electrons. The maximum atomic E-state index is 12.2. The van der Waals surface area contributed by atoms with Crippen molar-refractivity contribution in [3.63, 3.8) is 0 Å². The molecule has 8 heteroatoms. The molecule has 164 valence electrons. The first-order chi connectivity index (χ1) is 14.0. The highest BCUT2D eigenvalue weighted by Crippen LogP contribution is 2.16. The van der Waals surface area contributed by atoms with Crippen LogP contribution in [-0.2, 0) is 23.1 Å². The van der Waals surface area contributed by atoms with Gasteiger partial charge in [0.25, 0.3) is 0 Å². The molecule has 0 unspecified atom stereocenters. The van der Waals surface area contributed by atoms with E-state index in [1.54, 1.807) is 0 Å². The van der Waals surface area contributed by atoms with Gasteiger partial charge in [-0.15, -0.1) is 0 Å². The Balaban J connectivity index is 1.81. The van der Waals surface area contributed by atoms with Gasteiger partial charge in [0, 0.05) is 32.7 Å². The normalized spacial score (nSPS) is 15.8. The van der Waals surface area contributed by atoms with Crippen LogP contribution in [0.25, 0.3) is 0 Å². The molecule has 0 bridgehead atoms. The number of rotatable bonds is 10. The summed E-state index contributed by atoms with van der Waals surface area (Å²) in [7, 11) is -3.33. The molecule has 0 aromatic heterocycles. The second-order valence-electron chi connectivity index (χ2n) is 7.47. The molecule has 2 amide bonds. The van der Waals surface area contributed by atoms with Gasteiger partial charge in [-0.2, -0.15) is 0 Å². The molecule has 1 aromatic rings. The number of likely N-dealkylation sites (tertiary alicyclic amines) is 1. The van der Waals surface area contributed by atoms with Crippen molar-refractivity contribution in [2.24, 2.45) is 0 Å². The number of nitrogens with zero attached hydrogens (tertiary/aromatic N) is 2.